The number of nitrogens with two attached hydrogens (primary N) is 1. The van der Waals surface area contributed by atoms with Gasteiger partial charge in [-0.15, -0.1) is 0 Å². The number of anilines is 2. The third-order valence-corrected chi connectivity index (χ3v) is 15.5. The van der Waals surface area contributed by atoms with E-state index in [1.54, 1.807) is 18.2 Å². The summed E-state index contributed by atoms with van der Waals surface area (Å²) in [4.78, 5) is 87.4. The molecule has 7 heterocycles. The highest BCUT2D eigenvalue weighted by Crippen LogP contribution is 2.41. The number of imide groups is 2. The Morgan fingerprint density at radius 2 is 1.42 bits per heavy atom. The van der Waals surface area contributed by atoms with Gasteiger partial charge in [-0.2, -0.15) is 5.10 Å². The van der Waals surface area contributed by atoms with Gasteiger partial charge in [0, 0.05) is 68.5 Å². The lowest BCUT2D eigenvalue weighted by Gasteiger charge is -2.43. The number of hydrogen-bond acceptors (Lipinski definition) is 12. The Labute approximate surface area is 411 Å². The minimum absolute atomic E-state index is 0.0164. The zero-order valence-electron chi connectivity index (χ0n) is 39.6. The number of piperidine rings is 3. The van der Waals surface area contributed by atoms with E-state index in [1.165, 1.54) is 5.56 Å². The van der Waals surface area contributed by atoms with Gasteiger partial charge >= 0.3 is 0 Å². The molecular weight excluding hydrogens is 901 g/mol. The number of carbonyl (C=O) groups excluding carboxylic acids is 6. The van der Waals surface area contributed by atoms with E-state index in [4.69, 9.17) is 15.6 Å². The summed E-state index contributed by atoms with van der Waals surface area (Å²) in [6.07, 6.45) is 5.50. The van der Waals surface area contributed by atoms with Crippen LogP contribution in [0, 0.1) is 5.92 Å². The minimum Gasteiger partial charge on any atom is -0.457 e. The zero-order valence-corrected chi connectivity index (χ0v) is 39.6. The standard InChI is InChI=1S/C54H58N10O7/c55-49(66)47-48(36-10-13-41(14-11-36)71-40-4-2-1-3-5-40)58-64-44(18-23-56-50(47)64)35-19-26-60(27-20-35)38-21-24-59(25-22-38)33-34-6-8-37(9-7-34)52(68)62-30-28-61(29-31-62)39-12-15-42-43(32-39)54(70)63(53(42)69)45-16-17-46(65)57-51(45)67/h1-15,32,35,38,44-45,56H,16-31,33H2,(H2,55,66)(H,57,65,67)/t44-,45?/m0/s1. The average Bonchev–Trinajstić information content (AvgIpc) is 3.91. The van der Waals surface area contributed by atoms with Gasteiger partial charge in [0.2, 0.25) is 11.8 Å². The number of hydrogen-bond donors (Lipinski definition) is 3. The molecule has 2 atom stereocenters. The number of primary amides is 1. The number of likely N-dealkylation sites (tertiary alicyclic amines) is 2. The van der Waals surface area contributed by atoms with Gasteiger partial charge in [0.05, 0.1) is 17.2 Å². The third kappa shape index (κ3) is 9.15. The first kappa shape index (κ1) is 46.0. The van der Waals surface area contributed by atoms with E-state index in [9.17, 15) is 28.8 Å². The van der Waals surface area contributed by atoms with Crippen LogP contribution in [-0.4, -0.2) is 136 Å². The van der Waals surface area contributed by atoms with Crippen LogP contribution in [0.4, 0.5) is 11.5 Å². The van der Waals surface area contributed by atoms with Crippen molar-refractivity contribution in [3.63, 3.8) is 0 Å². The second kappa shape index (κ2) is 19.4. The minimum atomic E-state index is -1.01. The fourth-order valence-electron chi connectivity index (χ4n) is 11.6. The van der Waals surface area contributed by atoms with Crippen molar-refractivity contribution < 1.29 is 33.5 Å². The number of para-hydroxylation sites is 1. The molecule has 17 nitrogen and oxygen atoms in total. The van der Waals surface area contributed by atoms with E-state index in [0.29, 0.717) is 60.7 Å². The van der Waals surface area contributed by atoms with E-state index < -0.39 is 35.6 Å². The van der Waals surface area contributed by atoms with Gasteiger partial charge in [0.1, 0.15) is 34.6 Å². The maximum absolute atomic E-state index is 13.6. The van der Waals surface area contributed by atoms with Crippen LogP contribution < -0.4 is 26.0 Å². The van der Waals surface area contributed by atoms with Gasteiger partial charge in [-0.1, -0.05) is 30.3 Å². The summed E-state index contributed by atoms with van der Waals surface area (Å²) in [5, 5.41) is 10.8. The zero-order chi connectivity index (χ0) is 48.8. The molecular formula is C54H58N10O7. The molecule has 6 aliphatic heterocycles. The van der Waals surface area contributed by atoms with Crippen molar-refractivity contribution in [3.05, 3.63) is 125 Å². The lowest BCUT2D eigenvalue weighted by atomic mass is 9.85. The molecule has 6 aliphatic rings. The number of amides is 6. The molecule has 4 saturated heterocycles. The number of nitrogens with one attached hydrogen (secondary N) is 2. The molecule has 5 aromatic rings. The smallest absolute Gasteiger partial charge is 0.262 e. The lowest BCUT2D eigenvalue weighted by molar-refractivity contribution is -0.136. The van der Waals surface area contributed by atoms with Crippen LogP contribution in [0.25, 0.3) is 11.3 Å². The highest BCUT2D eigenvalue weighted by atomic mass is 16.5. The number of benzene rings is 4. The van der Waals surface area contributed by atoms with Crippen LogP contribution in [-0.2, 0) is 16.1 Å². The van der Waals surface area contributed by atoms with Crippen LogP contribution in [0.3, 0.4) is 0 Å². The van der Waals surface area contributed by atoms with Crippen molar-refractivity contribution in [2.75, 3.05) is 69.1 Å². The van der Waals surface area contributed by atoms with E-state index in [-0.39, 0.29) is 35.9 Å². The molecule has 0 spiro atoms. The quantitative estimate of drug-likeness (QED) is 0.140. The fraction of sp³-hybridized carbons (Fsp3) is 0.389. The number of fused-ring (bicyclic) bond motifs is 2. The van der Waals surface area contributed by atoms with Crippen molar-refractivity contribution in [3.8, 4) is 22.8 Å². The predicted molar refractivity (Wildman–Crippen MR) is 265 cm³/mol. The topological polar surface area (TPSA) is 196 Å². The lowest BCUT2D eigenvalue weighted by Crippen LogP contribution is -2.54. The van der Waals surface area contributed by atoms with Gasteiger partial charge < -0.3 is 30.5 Å². The molecule has 0 saturated carbocycles. The van der Waals surface area contributed by atoms with Gasteiger partial charge in [0.25, 0.3) is 23.6 Å². The van der Waals surface area contributed by atoms with E-state index in [2.05, 4.69) is 37.5 Å². The molecule has 0 aliphatic carbocycles. The molecule has 0 bridgehead atoms. The maximum atomic E-state index is 13.6. The third-order valence-electron chi connectivity index (χ3n) is 15.5. The summed E-state index contributed by atoms with van der Waals surface area (Å²) >= 11 is 0. The maximum Gasteiger partial charge on any atom is 0.262 e. The number of aromatic nitrogens is 2. The van der Waals surface area contributed by atoms with Crippen LogP contribution in [0.15, 0.2) is 97.1 Å². The first-order valence-electron chi connectivity index (χ1n) is 25.0. The molecule has 366 valence electrons. The number of piperazine rings is 1. The largest absolute Gasteiger partial charge is 0.457 e. The first-order chi connectivity index (χ1) is 34.6. The summed E-state index contributed by atoms with van der Waals surface area (Å²) in [6.45, 7) is 7.86. The van der Waals surface area contributed by atoms with Crippen molar-refractivity contribution in [2.24, 2.45) is 11.7 Å². The van der Waals surface area contributed by atoms with Crippen molar-refractivity contribution in [1.29, 1.82) is 0 Å². The van der Waals surface area contributed by atoms with Gasteiger partial charge in [-0.3, -0.25) is 43.9 Å². The summed E-state index contributed by atoms with van der Waals surface area (Å²) in [5.41, 5.74) is 11.0. The van der Waals surface area contributed by atoms with Crippen LogP contribution >= 0.6 is 0 Å². The highest BCUT2D eigenvalue weighted by molar-refractivity contribution is 6.23. The number of nitrogens with zero attached hydrogens (tertiary/aromatic N) is 7. The SMILES string of the molecule is NC(=O)c1c(-c2ccc(Oc3ccccc3)cc2)nn2c1NCC[C@H]2C1CCN(C2CCN(Cc3ccc(C(=O)N4CCN(c5ccc6c(c5)C(=O)N(C5CCC(=O)NC5=O)C6=O)CC4)cc3)CC2)CC1. The van der Waals surface area contributed by atoms with Crippen LogP contribution in [0.5, 0.6) is 11.5 Å². The highest BCUT2D eigenvalue weighted by Gasteiger charge is 2.45. The van der Waals surface area contributed by atoms with E-state index in [0.717, 1.165) is 99.1 Å². The molecule has 4 aromatic carbocycles. The van der Waals surface area contributed by atoms with Gasteiger partial charge in [-0.25, -0.2) is 4.68 Å². The van der Waals surface area contributed by atoms with E-state index in [1.807, 2.05) is 76.3 Å². The second-order valence-electron chi connectivity index (χ2n) is 19.6. The van der Waals surface area contributed by atoms with Gasteiger partial charge in [0.15, 0.2) is 0 Å². The molecule has 1 aromatic heterocycles. The Hall–Kier alpha value is -7.37. The number of ether oxygens (including phenoxy) is 1. The Morgan fingerprint density at radius 3 is 2.13 bits per heavy atom. The van der Waals surface area contributed by atoms with E-state index >= 15 is 0 Å². The molecule has 71 heavy (non-hydrogen) atoms. The summed E-state index contributed by atoms with van der Waals surface area (Å²) in [6, 6.07) is 30.1. The Morgan fingerprint density at radius 1 is 0.718 bits per heavy atom. The van der Waals surface area contributed by atoms with Crippen molar-refractivity contribution >= 4 is 46.9 Å². The predicted octanol–water partition coefficient (Wildman–Crippen LogP) is 5.54. The Kier molecular flexibility index (Phi) is 12.6. The molecule has 0 radical (unpaired) electrons. The monoisotopic (exact) mass is 958 g/mol. The Balaban J connectivity index is 0.637. The molecule has 11 rings (SSSR count). The fourth-order valence-corrected chi connectivity index (χ4v) is 11.6. The molecule has 1 unspecified atom stereocenters. The van der Waals surface area contributed by atoms with Crippen LogP contribution in [0.1, 0.15) is 98.0 Å². The van der Waals surface area contributed by atoms with Gasteiger partial charge in [-0.05, 0) is 143 Å². The second-order valence-corrected chi connectivity index (χ2v) is 19.6. The number of carbonyl (C=O) groups is 6. The molecule has 4 N–H and O–H groups in total. The molecule has 17 heteroatoms. The summed E-state index contributed by atoms with van der Waals surface area (Å²) in [7, 11) is 0. The van der Waals surface area contributed by atoms with Crippen molar-refractivity contribution in [2.45, 2.75) is 69.6 Å². The Bertz CT molecular complexity index is 2860. The van der Waals surface area contributed by atoms with Crippen molar-refractivity contribution in [1.82, 2.24) is 34.7 Å². The molecule has 6 amide bonds. The number of rotatable bonds is 11. The summed E-state index contributed by atoms with van der Waals surface area (Å²) < 4.78 is 8.05. The first-order valence-corrected chi connectivity index (χ1v) is 25.0. The van der Waals surface area contributed by atoms with Crippen LogP contribution in [0.2, 0.25) is 0 Å². The molecule has 4 fully saturated rings. The summed E-state index contributed by atoms with van der Waals surface area (Å²) in [5.74, 6) is 0.00272. The normalized spacial score (nSPS) is 21.4. The average molecular weight is 959 g/mol.